The summed E-state index contributed by atoms with van der Waals surface area (Å²) in [4.78, 5) is 4.59. The van der Waals surface area contributed by atoms with Crippen LogP contribution in [0.1, 0.15) is 46.0 Å². The van der Waals surface area contributed by atoms with Gasteiger partial charge in [0.1, 0.15) is 0 Å². The van der Waals surface area contributed by atoms with Crippen molar-refractivity contribution in [1.82, 2.24) is 10.6 Å². The van der Waals surface area contributed by atoms with Gasteiger partial charge in [-0.15, -0.1) is 0 Å². The van der Waals surface area contributed by atoms with Gasteiger partial charge in [0, 0.05) is 52.7 Å². The molecular formula is C17H35N3O3. The van der Waals surface area contributed by atoms with Crippen LogP contribution < -0.4 is 10.6 Å². The molecule has 1 fully saturated rings. The lowest BCUT2D eigenvalue weighted by Gasteiger charge is -2.22. The summed E-state index contributed by atoms with van der Waals surface area (Å²) in [5.74, 6) is 0.898. The molecule has 0 saturated carbocycles. The summed E-state index contributed by atoms with van der Waals surface area (Å²) in [6.07, 6.45) is 5.56. The molecule has 1 rings (SSSR count). The third-order valence-corrected chi connectivity index (χ3v) is 3.65. The van der Waals surface area contributed by atoms with Crippen molar-refractivity contribution >= 4 is 5.96 Å². The fourth-order valence-electron chi connectivity index (χ4n) is 2.37. The van der Waals surface area contributed by atoms with E-state index >= 15 is 0 Å². The van der Waals surface area contributed by atoms with Crippen molar-refractivity contribution in [3.63, 3.8) is 0 Å². The van der Waals surface area contributed by atoms with E-state index in [2.05, 4.69) is 22.5 Å². The van der Waals surface area contributed by atoms with Crippen molar-refractivity contribution in [3.05, 3.63) is 0 Å². The molecular weight excluding hydrogens is 294 g/mol. The molecule has 0 bridgehead atoms. The normalized spacial score (nSPS) is 16.5. The van der Waals surface area contributed by atoms with Crippen molar-refractivity contribution < 1.29 is 14.2 Å². The number of nitrogens with zero attached hydrogens (tertiary/aromatic N) is 1. The van der Waals surface area contributed by atoms with E-state index < -0.39 is 0 Å². The highest BCUT2D eigenvalue weighted by Gasteiger charge is 2.13. The molecule has 0 atom stereocenters. The fraction of sp³-hybridized carbons (Fsp3) is 0.941. The molecule has 6 heteroatoms. The van der Waals surface area contributed by atoms with E-state index in [9.17, 15) is 0 Å². The van der Waals surface area contributed by atoms with Gasteiger partial charge in [0.25, 0.3) is 0 Å². The minimum atomic E-state index is 0.379. The lowest BCUT2D eigenvalue weighted by Crippen LogP contribution is -2.38. The summed E-state index contributed by atoms with van der Waals surface area (Å²) < 4.78 is 16.5. The minimum Gasteiger partial charge on any atom is -0.382 e. The molecule has 1 aliphatic rings. The van der Waals surface area contributed by atoms with Gasteiger partial charge in [0.2, 0.25) is 0 Å². The average Bonchev–Trinajstić information content (AvgIpc) is 2.58. The van der Waals surface area contributed by atoms with Crippen LogP contribution in [0.4, 0.5) is 0 Å². The summed E-state index contributed by atoms with van der Waals surface area (Å²) >= 11 is 0. The van der Waals surface area contributed by atoms with E-state index in [1.165, 1.54) is 0 Å². The Morgan fingerprint density at radius 1 is 1.09 bits per heavy atom. The molecule has 0 aliphatic carbocycles. The number of hydrogen-bond donors (Lipinski definition) is 2. The fourth-order valence-corrected chi connectivity index (χ4v) is 2.37. The Morgan fingerprint density at radius 2 is 1.91 bits per heavy atom. The quantitative estimate of drug-likeness (QED) is 0.325. The van der Waals surface area contributed by atoms with Gasteiger partial charge in [-0.05, 0) is 46.0 Å². The lowest BCUT2D eigenvalue weighted by atomic mass is 10.1. The van der Waals surface area contributed by atoms with Gasteiger partial charge in [-0.25, -0.2) is 0 Å². The molecule has 1 saturated heterocycles. The van der Waals surface area contributed by atoms with Crippen LogP contribution in [-0.2, 0) is 14.2 Å². The van der Waals surface area contributed by atoms with Crippen molar-refractivity contribution in [1.29, 1.82) is 0 Å². The first-order valence-corrected chi connectivity index (χ1v) is 9.16. The highest BCUT2D eigenvalue weighted by Crippen LogP contribution is 2.10. The predicted octanol–water partition coefficient (Wildman–Crippen LogP) is 1.94. The second-order valence-electron chi connectivity index (χ2n) is 5.63. The highest BCUT2D eigenvalue weighted by atomic mass is 16.5. The van der Waals surface area contributed by atoms with Crippen LogP contribution in [0.5, 0.6) is 0 Å². The van der Waals surface area contributed by atoms with Crippen molar-refractivity contribution in [2.45, 2.75) is 52.1 Å². The van der Waals surface area contributed by atoms with Gasteiger partial charge in [0.05, 0.1) is 6.10 Å². The van der Waals surface area contributed by atoms with Crippen molar-refractivity contribution in [2.24, 2.45) is 4.99 Å². The number of aliphatic imine (C=N–C) groups is 1. The van der Waals surface area contributed by atoms with Crippen LogP contribution in [0.2, 0.25) is 0 Å². The number of unbranched alkanes of at least 4 members (excludes halogenated alkanes) is 1. The third kappa shape index (κ3) is 11.3. The van der Waals surface area contributed by atoms with Gasteiger partial charge < -0.3 is 24.8 Å². The molecule has 1 heterocycles. The second kappa shape index (κ2) is 14.7. The maximum absolute atomic E-state index is 5.86. The smallest absolute Gasteiger partial charge is 0.191 e. The standard InChI is InChI=1S/C17H35N3O3/c1-3-18-17(19-10-5-6-12-21-4-2)20-11-7-13-23-16-8-14-22-15-9-16/h16H,3-15H2,1-2H3,(H2,18,19,20). The Bertz CT molecular complexity index is 295. The number of nitrogens with one attached hydrogen (secondary N) is 2. The first-order chi connectivity index (χ1) is 11.4. The van der Waals surface area contributed by atoms with Crippen LogP contribution in [0, 0.1) is 0 Å². The SMILES string of the molecule is CCNC(=NCCCOC1CCOCC1)NCCCCOCC. The van der Waals surface area contributed by atoms with Crippen LogP contribution in [0.3, 0.4) is 0 Å². The highest BCUT2D eigenvalue weighted by molar-refractivity contribution is 5.79. The Hall–Kier alpha value is -0.850. The topological polar surface area (TPSA) is 64.1 Å². The first kappa shape index (κ1) is 20.2. The molecule has 0 amide bonds. The zero-order valence-electron chi connectivity index (χ0n) is 14.9. The monoisotopic (exact) mass is 329 g/mol. The van der Waals surface area contributed by atoms with Crippen molar-refractivity contribution in [2.75, 3.05) is 52.7 Å². The first-order valence-electron chi connectivity index (χ1n) is 9.16. The lowest BCUT2D eigenvalue weighted by molar-refractivity contribution is -0.0318. The molecule has 0 aromatic heterocycles. The number of rotatable bonds is 12. The molecule has 0 radical (unpaired) electrons. The Kier molecular flexibility index (Phi) is 12.9. The molecule has 0 spiro atoms. The minimum absolute atomic E-state index is 0.379. The molecule has 23 heavy (non-hydrogen) atoms. The number of guanidine groups is 1. The maximum Gasteiger partial charge on any atom is 0.191 e. The molecule has 0 unspecified atom stereocenters. The van der Waals surface area contributed by atoms with E-state index in [-0.39, 0.29) is 0 Å². The summed E-state index contributed by atoms with van der Waals surface area (Å²) in [5.41, 5.74) is 0. The Balaban J connectivity index is 2.05. The molecule has 0 aromatic carbocycles. The van der Waals surface area contributed by atoms with Crippen LogP contribution in [0.25, 0.3) is 0 Å². The van der Waals surface area contributed by atoms with Gasteiger partial charge in [0.15, 0.2) is 5.96 Å². The Morgan fingerprint density at radius 3 is 2.65 bits per heavy atom. The van der Waals surface area contributed by atoms with Gasteiger partial charge in [-0.1, -0.05) is 0 Å². The average molecular weight is 329 g/mol. The van der Waals surface area contributed by atoms with Crippen LogP contribution in [0.15, 0.2) is 4.99 Å². The number of hydrogen-bond acceptors (Lipinski definition) is 4. The Labute approximate surface area is 141 Å². The summed E-state index contributed by atoms with van der Waals surface area (Å²) in [7, 11) is 0. The summed E-state index contributed by atoms with van der Waals surface area (Å²) in [6, 6.07) is 0. The van der Waals surface area contributed by atoms with E-state index in [0.717, 1.165) is 90.7 Å². The molecule has 2 N–H and O–H groups in total. The third-order valence-electron chi connectivity index (χ3n) is 3.65. The molecule has 6 nitrogen and oxygen atoms in total. The van der Waals surface area contributed by atoms with E-state index in [1.54, 1.807) is 0 Å². The van der Waals surface area contributed by atoms with Crippen molar-refractivity contribution in [3.8, 4) is 0 Å². The summed E-state index contributed by atoms with van der Waals surface area (Å²) in [5, 5.41) is 6.64. The van der Waals surface area contributed by atoms with Crippen LogP contribution in [-0.4, -0.2) is 64.7 Å². The molecule has 1 aliphatic heterocycles. The van der Waals surface area contributed by atoms with E-state index in [0.29, 0.717) is 6.10 Å². The van der Waals surface area contributed by atoms with Crippen LogP contribution >= 0.6 is 0 Å². The zero-order valence-corrected chi connectivity index (χ0v) is 14.9. The predicted molar refractivity (Wildman–Crippen MR) is 94.1 cm³/mol. The van der Waals surface area contributed by atoms with E-state index in [1.807, 2.05) is 6.92 Å². The molecule has 0 aromatic rings. The van der Waals surface area contributed by atoms with Gasteiger partial charge >= 0.3 is 0 Å². The van der Waals surface area contributed by atoms with Gasteiger partial charge in [-0.2, -0.15) is 0 Å². The molecule has 136 valence electrons. The largest absolute Gasteiger partial charge is 0.382 e. The van der Waals surface area contributed by atoms with Gasteiger partial charge in [-0.3, -0.25) is 4.99 Å². The summed E-state index contributed by atoms with van der Waals surface area (Å²) in [6.45, 7) is 10.8. The zero-order chi connectivity index (χ0) is 16.6. The number of ether oxygens (including phenoxy) is 3. The second-order valence-corrected chi connectivity index (χ2v) is 5.63. The van der Waals surface area contributed by atoms with E-state index in [4.69, 9.17) is 14.2 Å². The maximum atomic E-state index is 5.86.